The smallest absolute Gasteiger partial charge is 0.231 e. The summed E-state index contributed by atoms with van der Waals surface area (Å²) in [5.41, 5.74) is 1.11. The molecule has 1 aromatic carbocycles. The molecule has 92 valence electrons. The van der Waals surface area contributed by atoms with Crippen LogP contribution in [-0.4, -0.2) is 13.3 Å². The van der Waals surface area contributed by atoms with Crippen LogP contribution in [0.5, 0.6) is 11.5 Å². The number of ether oxygens (including phenoxy) is 2. The van der Waals surface area contributed by atoms with Crippen molar-refractivity contribution in [3.63, 3.8) is 0 Å². The van der Waals surface area contributed by atoms with Gasteiger partial charge >= 0.3 is 0 Å². The van der Waals surface area contributed by atoms with Gasteiger partial charge in [-0.2, -0.15) is 0 Å². The second-order valence-corrected chi connectivity index (χ2v) is 4.25. The molecule has 1 aliphatic rings. The Morgan fingerprint density at radius 3 is 3.12 bits per heavy atom. The van der Waals surface area contributed by atoms with E-state index in [1.807, 2.05) is 19.1 Å². The molecule has 2 rings (SSSR count). The first-order valence-corrected chi connectivity index (χ1v) is 6.09. The quantitative estimate of drug-likeness (QED) is 0.646. The van der Waals surface area contributed by atoms with E-state index in [0.717, 1.165) is 30.8 Å². The average molecular weight is 254 g/mol. The van der Waals surface area contributed by atoms with E-state index in [2.05, 4.69) is 17.5 Å². The average Bonchev–Trinajstić information content (AvgIpc) is 2.77. The minimum absolute atomic E-state index is 0.257. The van der Waals surface area contributed by atoms with E-state index < -0.39 is 0 Å². The first kappa shape index (κ1) is 12.3. The zero-order valence-corrected chi connectivity index (χ0v) is 10.6. The summed E-state index contributed by atoms with van der Waals surface area (Å²) in [6, 6.07) is 3.88. The summed E-state index contributed by atoms with van der Waals surface area (Å²) in [6.45, 7) is 4.02. The molecule has 0 fully saturated rings. The third-order valence-corrected chi connectivity index (χ3v) is 2.82. The minimum Gasteiger partial charge on any atom is -0.454 e. The molecule has 1 heterocycles. The van der Waals surface area contributed by atoms with E-state index in [0.29, 0.717) is 10.8 Å². The van der Waals surface area contributed by atoms with Gasteiger partial charge in [0.2, 0.25) is 6.79 Å². The van der Waals surface area contributed by atoms with E-state index >= 15 is 0 Å². The van der Waals surface area contributed by atoms with E-state index in [4.69, 9.17) is 21.1 Å². The number of hydrogen-bond donors (Lipinski definition) is 1. The van der Waals surface area contributed by atoms with Gasteiger partial charge in [-0.05, 0) is 37.6 Å². The van der Waals surface area contributed by atoms with Crippen LogP contribution in [0.1, 0.15) is 18.9 Å². The fourth-order valence-electron chi connectivity index (χ4n) is 1.71. The maximum Gasteiger partial charge on any atom is 0.231 e. The van der Waals surface area contributed by atoms with Crippen LogP contribution in [0.3, 0.4) is 0 Å². The number of rotatable bonds is 5. The predicted molar refractivity (Wildman–Crippen MR) is 68.7 cm³/mol. The highest BCUT2D eigenvalue weighted by Crippen LogP contribution is 2.39. The number of nitrogens with one attached hydrogen (secondary N) is 1. The van der Waals surface area contributed by atoms with Gasteiger partial charge in [0.05, 0.1) is 5.02 Å². The van der Waals surface area contributed by atoms with Crippen LogP contribution < -0.4 is 14.8 Å². The Kier molecular flexibility index (Phi) is 4.29. The highest BCUT2D eigenvalue weighted by Gasteiger charge is 2.17. The molecule has 17 heavy (non-hydrogen) atoms. The van der Waals surface area contributed by atoms with E-state index in [1.54, 1.807) is 0 Å². The summed E-state index contributed by atoms with van der Waals surface area (Å²) in [5, 5.41) is 3.96. The van der Waals surface area contributed by atoms with Crippen LogP contribution in [0.25, 0.3) is 0 Å². The summed E-state index contributed by atoms with van der Waals surface area (Å²) in [4.78, 5) is 0. The van der Waals surface area contributed by atoms with Crippen LogP contribution in [-0.2, 0) is 6.54 Å². The Balaban J connectivity index is 1.91. The van der Waals surface area contributed by atoms with Gasteiger partial charge in [-0.3, -0.25) is 0 Å². The van der Waals surface area contributed by atoms with Crippen molar-refractivity contribution in [3.05, 3.63) is 34.9 Å². The normalized spacial score (nSPS) is 13.5. The van der Waals surface area contributed by atoms with Crippen LogP contribution in [0.4, 0.5) is 0 Å². The molecule has 0 atom stereocenters. The first-order chi connectivity index (χ1) is 8.31. The van der Waals surface area contributed by atoms with Crippen molar-refractivity contribution in [1.82, 2.24) is 5.32 Å². The van der Waals surface area contributed by atoms with Crippen LogP contribution in [0.2, 0.25) is 5.02 Å². The number of benzene rings is 1. The van der Waals surface area contributed by atoms with Crippen molar-refractivity contribution >= 4 is 11.6 Å². The maximum atomic E-state index is 6.09. The molecule has 1 aromatic rings. The molecule has 0 bridgehead atoms. The molecular formula is C13H16ClNO2. The fourth-order valence-corrected chi connectivity index (χ4v) is 2.00. The Hall–Kier alpha value is -1.19. The van der Waals surface area contributed by atoms with E-state index in [9.17, 15) is 0 Å². The van der Waals surface area contributed by atoms with Crippen LogP contribution in [0.15, 0.2) is 24.3 Å². The number of fused-ring (bicyclic) bond motifs is 1. The standard InChI is InChI=1S/C13H16ClNO2/c1-2-3-4-5-15-8-10-6-11(14)13-12(7-10)16-9-17-13/h2-3,6-7,15H,4-5,8-9H2,1H3/b3-2+. The highest BCUT2D eigenvalue weighted by atomic mass is 35.5. The molecule has 0 saturated carbocycles. The maximum absolute atomic E-state index is 6.09. The Morgan fingerprint density at radius 2 is 2.29 bits per heavy atom. The predicted octanol–water partition coefficient (Wildman–Crippen LogP) is 3.12. The molecule has 1 aliphatic heterocycles. The SMILES string of the molecule is C/C=C/CCNCc1cc(Cl)c2c(c1)OCO2. The molecular weight excluding hydrogens is 238 g/mol. The molecule has 0 spiro atoms. The van der Waals surface area contributed by atoms with Crippen molar-refractivity contribution in [2.45, 2.75) is 19.9 Å². The fraction of sp³-hybridized carbons (Fsp3) is 0.385. The van der Waals surface area contributed by atoms with Crippen molar-refractivity contribution in [2.24, 2.45) is 0 Å². The summed E-state index contributed by atoms with van der Waals surface area (Å²) in [5.74, 6) is 1.40. The van der Waals surface area contributed by atoms with Crippen LogP contribution in [0, 0.1) is 0 Å². The van der Waals surface area contributed by atoms with Crippen molar-refractivity contribution < 1.29 is 9.47 Å². The lowest BCUT2D eigenvalue weighted by molar-refractivity contribution is 0.174. The van der Waals surface area contributed by atoms with Gasteiger partial charge in [-0.15, -0.1) is 0 Å². The molecule has 3 nitrogen and oxygen atoms in total. The van der Waals surface area contributed by atoms with Gasteiger partial charge in [0.15, 0.2) is 11.5 Å². The molecule has 0 amide bonds. The van der Waals surface area contributed by atoms with E-state index in [1.165, 1.54) is 0 Å². The Morgan fingerprint density at radius 1 is 1.41 bits per heavy atom. The van der Waals surface area contributed by atoms with Gasteiger partial charge < -0.3 is 14.8 Å². The van der Waals surface area contributed by atoms with Gasteiger partial charge in [0.1, 0.15) is 0 Å². The van der Waals surface area contributed by atoms with Crippen molar-refractivity contribution in [1.29, 1.82) is 0 Å². The van der Waals surface area contributed by atoms with Gasteiger partial charge in [-0.25, -0.2) is 0 Å². The number of hydrogen-bond acceptors (Lipinski definition) is 3. The monoisotopic (exact) mass is 253 g/mol. The topological polar surface area (TPSA) is 30.5 Å². The molecule has 0 unspecified atom stereocenters. The lowest BCUT2D eigenvalue weighted by Gasteiger charge is -2.06. The number of allylic oxidation sites excluding steroid dienone is 1. The molecule has 4 heteroatoms. The van der Waals surface area contributed by atoms with Gasteiger partial charge in [0.25, 0.3) is 0 Å². The molecule has 1 N–H and O–H groups in total. The zero-order chi connectivity index (χ0) is 12.1. The molecule has 0 aliphatic carbocycles. The Bertz CT molecular complexity index is 418. The first-order valence-electron chi connectivity index (χ1n) is 5.71. The van der Waals surface area contributed by atoms with Gasteiger partial charge in [0, 0.05) is 6.54 Å². The Labute approximate surface area is 106 Å². The lowest BCUT2D eigenvalue weighted by atomic mass is 10.2. The van der Waals surface area contributed by atoms with Crippen molar-refractivity contribution in [3.8, 4) is 11.5 Å². The minimum atomic E-state index is 0.257. The van der Waals surface area contributed by atoms with Gasteiger partial charge in [-0.1, -0.05) is 23.8 Å². The zero-order valence-electron chi connectivity index (χ0n) is 9.83. The summed E-state index contributed by atoms with van der Waals surface area (Å²) in [7, 11) is 0. The summed E-state index contributed by atoms with van der Waals surface area (Å²) >= 11 is 6.09. The summed E-state index contributed by atoms with van der Waals surface area (Å²) < 4.78 is 10.6. The largest absolute Gasteiger partial charge is 0.454 e. The third-order valence-electron chi connectivity index (χ3n) is 2.54. The van der Waals surface area contributed by atoms with Crippen molar-refractivity contribution in [2.75, 3.05) is 13.3 Å². The third kappa shape index (κ3) is 3.14. The molecule has 0 aromatic heterocycles. The highest BCUT2D eigenvalue weighted by molar-refractivity contribution is 6.32. The van der Waals surface area contributed by atoms with E-state index in [-0.39, 0.29) is 6.79 Å². The number of halogens is 1. The lowest BCUT2D eigenvalue weighted by Crippen LogP contribution is -2.13. The second kappa shape index (κ2) is 5.94. The second-order valence-electron chi connectivity index (χ2n) is 3.85. The van der Waals surface area contributed by atoms with Crippen LogP contribution >= 0.6 is 11.6 Å². The summed E-state index contributed by atoms with van der Waals surface area (Å²) in [6.07, 6.45) is 5.23. The molecule has 0 saturated heterocycles. The molecule has 0 radical (unpaired) electrons.